The van der Waals surface area contributed by atoms with Gasteiger partial charge in [-0.25, -0.2) is 0 Å². The Morgan fingerprint density at radius 2 is 1.00 bits per heavy atom. The van der Waals surface area contributed by atoms with Crippen LogP contribution in [0.5, 0.6) is 0 Å². The molecule has 3 rings (SSSR count). The molecule has 0 radical (unpaired) electrons. The third-order valence-electron chi connectivity index (χ3n) is 8.09. The lowest BCUT2D eigenvalue weighted by Gasteiger charge is -2.12. The Hall–Kier alpha value is -5.40. The highest BCUT2D eigenvalue weighted by molar-refractivity contribution is 6.09. The highest BCUT2D eigenvalue weighted by Gasteiger charge is 2.21. The molecule has 0 saturated heterocycles. The van der Waals surface area contributed by atoms with Crippen LogP contribution in [-0.4, -0.2) is 57.5 Å². The molecular weight excluding hydrogens is 636 g/mol. The molecule has 3 aromatic rings. The first-order chi connectivity index (χ1) is 23.5. The minimum absolute atomic E-state index is 0.0179. The molecule has 1 aromatic carbocycles. The monoisotopic (exact) mass is 688 g/mol. The zero-order chi connectivity index (χ0) is 37.1. The van der Waals surface area contributed by atoms with Gasteiger partial charge in [0.05, 0.1) is 23.0 Å². The van der Waals surface area contributed by atoms with Crippen molar-refractivity contribution in [3.05, 3.63) is 70.3 Å². The smallest absolute Gasteiger partial charge is 0.267 e. The van der Waals surface area contributed by atoms with Crippen LogP contribution in [0.2, 0.25) is 0 Å². The van der Waals surface area contributed by atoms with Crippen LogP contribution < -0.4 is 32.7 Å². The maximum atomic E-state index is 13.5. The summed E-state index contributed by atoms with van der Waals surface area (Å²) in [6, 6.07) is 6.56. The van der Waals surface area contributed by atoms with Crippen molar-refractivity contribution in [1.82, 2.24) is 19.8 Å². The number of amidine groups is 2. The fourth-order valence-electron chi connectivity index (χ4n) is 5.21. The predicted molar refractivity (Wildman–Crippen MR) is 197 cm³/mol. The summed E-state index contributed by atoms with van der Waals surface area (Å²) in [6.45, 7) is 13.5. The summed E-state index contributed by atoms with van der Waals surface area (Å²) in [4.78, 5) is 52.8. The van der Waals surface area contributed by atoms with E-state index in [0.717, 1.165) is 12.8 Å². The van der Waals surface area contributed by atoms with E-state index in [1.165, 1.54) is 0 Å². The van der Waals surface area contributed by atoms with Crippen LogP contribution in [0.15, 0.2) is 36.7 Å². The Balaban J connectivity index is 1.79. The number of aryl methyl sites for hydroxylation is 4. The minimum Gasteiger partial charge on any atom is -0.388 e. The van der Waals surface area contributed by atoms with Gasteiger partial charge < -0.3 is 41.9 Å². The van der Waals surface area contributed by atoms with Crippen molar-refractivity contribution in [3.63, 3.8) is 0 Å². The largest absolute Gasteiger partial charge is 0.388 e. The second-order valence-corrected chi connectivity index (χ2v) is 13.4. The Morgan fingerprint density at radius 3 is 1.32 bits per heavy atom. The van der Waals surface area contributed by atoms with Crippen molar-refractivity contribution >= 4 is 46.7 Å². The first-order valence-corrected chi connectivity index (χ1v) is 16.9. The Labute approximate surface area is 293 Å². The van der Waals surface area contributed by atoms with E-state index in [4.69, 9.17) is 22.3 Å². The van der Waals surface area contributed by atoms with Gasteiger partial charge in [-0.2, -0.15) is 0 Å². The summed E-state index contributed by atoms with van der Waals surface area (Å²) in [5, 5.41) is 26.1. The molecule has 4 amide bonds. The molecule has 0 atom stereocenters. The highest BCUT2D eigenvalue weighted by Crippen LogP contribution is 2.23. The molecule has 0 spiro atoms. The van der Waals surface area contributed by atoms with Crippen LogP contribution in [0.4, 0.5) is 11.4 Å². The number of carbonyl (C=O) groups is 4. The number of nitrogens with zero attached hydrogens (tertiary/aromatic N) is 2. The van der Waals surface area contributed by atoms with Crippen LogP contribution in [0.1, 0.15) is 106 Å². The lowest BCUT2D eigenvalue weighted by Crippen LogP contribution is -2.29. The number of hydrogen-bond donors (Lipinski definition) is 8. The maximum absolute atomic E-state index is 13.5. The number of carbonyl (C=O) groups excluding carboxylic acids is 4. The molecule has 50 heavy (non-hydrogen) atoms. The summed E-state index contributed by atoms with van der Waals surface area (Å²) in [5.74, 6) is -0.649. The SMILES string of the molecule is Cc1cc(C(=O)Nc2cc(C(=O)NCCC(=N)N)n(CCC(C)C)c2)c(C)cc1C(=O)Nc1cc(C(=O)NCCC(=N)N)n(CCC(C)C)c1. The van der Waals surface area contributed by atoms with E-state index >= 15 is 0 Å². The number of benzene rings is 1. The highest BCUT2D eigenvalue weighted by atomic mass is 16.2. The third-order valence-corrected chi connectivity index (χ3v) is 8.09. The van der Waals surface area contributed by atoms with Crippen LogP contribution in [-0.2, 0) is 13.1 Å². The van der Waals surface area contributed by atoms with E-state index in [-0.39, 0.29) is 61.2 Å². The van der Waals surface area contributed by atoms with E-state index in [1.54, 1.807) is 50.5 Å². The molecule has 10 N–H and O–H groups in total. The van der Waals surface area contributed by atoms with Gasteiger partial charge in [-0.15, -0.1) is 0 Å². The standard InChI is InChI=1S/C36H52N10O4/c1-21(2)9-13-45-19-25(17-29(45)35(49)41-11-7-31(37)38)43-33(47)27-15-24(6)28(16-23(27)5)34(48)44-26-18-30(36(50)42-12-8-32(39)40)46(20-26)14-10-22(3)4/h15-22H,7-14H2,1-6H3,(H3,37,38)(H3,39,40)(H,41,49)(H,42,50)(H,43,47)(H,44,48). The second-order valence-electron chi connectivity index (χ2n) is 13.4. The number of rotatable bonds is 18. The van der Waals surface area contributed by atoms with E-state index in [2.05, 4.69) is 49.0 Å². The van der Waals surface area contributed by atoms with Crippen molar-refractivity contribution in [2.45, 2.75) is 80.3 Å². The number of hydrogen-bond acceptors (Lipinski definition) is 6. The van der Waals surface area contributed by atoms with Crippen LogP contribution >= 0.6 is 0 Å². The van der Waals surface area contributed by atoms with Gasteiger partial charge in [0.1, 0.15) is 11.4 Å². The summed E-state index contributed by atoms with van der Waals surface area (Å²) in [5.41, 5.74) is 14.4. The van der Waals surface area contributed by atoms with Gasteiger partial charge in [-0.1, -0.05) is 27.7 Å². The van der Waals surface area contributed by atoms with Crippen molar-refractivity contribution in [1.29, 1.82) is 10.8 Å². The van der Waals surface area contributed by atoms with Gasteiger partial charge >= 0.3 is 0 Å². The molecular formula is C36H52N10O4. The van der Waals surface area contributed by atoms with Crippen LogP contribution in [0, 0.1) is 36.5 Å². The van der Waals surface area contributed by atoms with Crippen molar-refractivity contribution in [2.24, 2.45) is 23.3 Å². The molecule has 0 saturated carbocycles. The van der Waals surface area contributed by atoms with Gasteiger partial charge in [0.15, 0.2) is 0 Å². The summed E-state index contributed by atoms with van der Waals surface area (Å²) in [7, 11) is 0. The molecule has 0 aliphatic rings. The fourth-order valence-corrected chi connectivity index (χ4v) is 5.21. The predicted octanol–water partition coefficient (Wildman–Crippen LogP) is 4.61. The molecule has 2 heterocycles. The van der Waals surface area contributed by atoms with Crippen LogP contribution in [0.3, 0.4) is 0 Å². The average molecular weight is 689 g/mol. The maximum Gasteiger partial charge on any atom is 0.267 e. The van der Waals surface area contributed by atoms with Gasteiger partial charge in [0.25, 0.3) is 23.6 Å². The average Bonchev–Trinajstić information content (AvgIpc) is 3.62. The van der Waals surface area contributed by atoms with Crippen molar-refractivity contribution in [2.75, 3.05) is 23.7 Å². The van der Waals surface area contributed by atoms with E-state index in [9.17, 15) is 19.2 Å². The van der Waals surface area contributed by atoms with E-state index < -0.39 is 0 Å². The first kappa shape index (κ1) is 39.0. The van der Waals surface area contributed by atoms with Gasteiger partial charge in [0, 0.05) is 62.5 Å². The van der Waals surface area contributed by atoms with Gasteiger partial charge in [0.2, 0.25) is 0 Å². The molecule has 0 fully saturated rings. The third kappa shape index (κ3) is 11.3. The molecule has 0 aliphatic carbocycles. The molecule has 14 nitrogen and oxygen atoms in total. The number of nitrogens with one attached hydrogen (secondary N) is 6. The van der Waals surface area contributed by atoms with Gasteiger partial charge in [-0.3, -0.25) is 30.0 Å². The lowest BCUT2D eigenvalue weighted by molar-refractivity contribution is 0.0937. The fraction of sp³-hybridized carbons (Fsp3) is 0.444. The zero-order valence-electron chi connectivity index (χ0n) is 30.0. The van der Waals surface area contributed by atoms with Gasteiger partial charge in [-0.05, 0) is 73.9 Å². The van der Waals surface area contributed by atoms with E-state index in [1.807, 2.05) is 9.13 Å². The Bertz CT molecular complexity index is 1610. The summed E-state index contributed by atoms with van der Waals surface area (Å²) in [6.07, 6.45) is 5.60. The number of anilines is 2. The molecule has 2 aromatic heterocycles. The minimum atomic E-state index is -0.384. The zero-order valence-corrected chi connectivity index (χ0v) is 30.0. The topological polar surface area (TPSA) is 226 Å². The molecule has 0 bridgehead atoms. The summed E-state index contributed by atoms with van der Waals surface area (Å²) >= 11 is 0. The molecule has 270 valence electrons. The normalized spacial score (nSPS) is 11.0. The number of nitrogens with two attached hydrogens (primary N) is 2. The Morgan fingerprint density at radius 1 is 0.640 bits per heavy atom. The number of amides is 4. The number of aromatic nitrogens is 2. The van der Waals surface area contributed by atoms with Crippen LogP contribution in [0.25, 0.3) is 0 Å². The molecule has 0 aliphatic heterocycles. The first-order valence-electron chi connectivity index (χ1n) is 16.9. The quantitative estimate of drug-likeness (QED) is 0.0702. The van der Waals surface area contributed by atoms with E-state index in [0.29, 0.717) is 69.9 Å². The molecule has 14 heteroatoms. The van der Waals surface area contributed by atoms with Crippen molar-refractivity contribution < 1.29 is 19.2 Å². The summed E-state index contributed by atoms with van der Waals surface area (Å²) < 4.78 is 3.61. The lowest BCUT2D eigenvalue weighted by atomic mass is 9.98. The second kappa shape index (κ2) is 17.8. The Kier molecular flexibility index (Phi) is 13.9. The van der Waals surface area contributed by atoms with Crippen molar-refractivity contribution in [3.8, 4) is 0 Å². The molecule has 0 unspecified atom stereocenters.